The quantitative estimate of drug-likeness (QED) is 0.800. The molecule has 2 N–H and O–H groups in total. The van der Waals surface area contributed by atoms with Crippen LogP contribution < -0.4 is 15.2 Å². The Morgan fingerprint density at radius 3 is 2.00 bits per heavy atom. The number of aryl methyl sites for hydroxylation is 1. The first-order valence-electron chi connectivity index (χ1n) is 5.88. The molecule has 0 saturated carbocycles. The summed E-state index contributed by atoms with van der Waals surface area (Å²) in [5, 5.41) is 0. The van der Waals surface area contributed by atoms with E-state index in [-0.39, 0.29) is 0 Å². The number of ether oxygens (including phenoxy) is 2. The highest BCUT2D eigenvalue weighted by Crippen LogP contribution is 2.42. The maximum Gasteiger partial charge on any atom is 0.175 e. The normalized spacial score (nSPS) is 10.5. The number of thiophene rings is 1. The van der Waals surface area contributed by atoms with Gasteiger partial charge in [-0.15, -0.1) is 11.3 Å². The Labute approximate surface area is 102 Å². The van der Waals surface area contributed by atoms with Crippen LogP contribution in [0.3, 0.4) is 0 Å². The molecule has 3 nitrogen and oxygen atoms in total. The topological polar surface area (TPSA) is 44.5 Å². The van der Waals surface area contributed by atoms with Crippen LogP contribution in [0.1, 0.15) is 30.5 Å². The molecule has 0 bridgehead atoms. The van der Waals surface area contributed by atoms with Crippen LogP contribution in [-0.2, 0) is 12.8 Å². The number of rotatable bonds is 7. The van der Waals surface area contributed by atoms with Crippen molar-refractivity contribution in [3.63, 3.8) is 0 Å². The Morgan fingerprint density at radius 1 is 1.00 bits per heavy atom. The molecule has 0 spiro atoms. The summed E-state index contributed by atoms with van der Waals surface area (Å²) in [6.45, 7) is 8.11. The summed E-state index contributed by atoms with van der Waals surface area (Å²) in [7, 11) is 0. The third kappa shape index (κ3) is 2.89. The molecule has 0 radical (unpaired) electrons. The fourth-order valence-electron chi connectivity index (χ4n) is 1.60. The Bertz CT molecular complexity index is 323. The second-order valence-corrected chi connectivity index (χ2v) is 4.55. The second kappa shape index (κ2) is 6.76. The van der Waals surface area contributed by atoms with Crippen LogP contribution in [0.15, 0.2) is 0 Å². The first-order valence-corrected chi connectivity index (χ1v) is 6.70. The van der Waals surface area contributed by atoms with Crippen LogP contribution in [0, 0.1) is 0 Å². The molecule has 0 atom stereocenters. The number of hydrogen-bond acceptors (Lipinski definition) is 4. The molecule has 92 valence electrons. The zero-order valence-corrected chi connectivity index (χ0v) is 11.2. The molecule has 1 aromatic rings. The van der Waals surface area contributed by atoms with E-state index in [1.807, 2.05) is 13.8 Å². The molecule has 0 aromatic carbocycles. The highest BCUT2D eigenvalue weighted by Gasteiger charge is 2.19. The van der Waals surface area contributed by atoms with E-state index in [1.165, 1.54) is 9.75 Å². The van der Waals surface area contributed by atoms with Crippen LogP contribution in [0.4, 0.5) is 0 Å². The molecular formula is C12H21NO2S. The van der Waals surface area contributed by atoms with Crippen LogP contribution in [0.5, 0.6) is 11.5 Å². The van der Waals surface area contributed by atoms with Crippen LogP contribution in [0.2, 0.25) is 0 Å². The van der Waals surface area contributed by atoms with Crippen molar-refractivity contribution in [2.75, 3.05) is 19.8 Å². The Kier molecular flexibility index (Phi) is 5.63. The monoisotopic (exact) mass is 243 g/mol. The molecule has 0 saturated heterocycles. The first kappa shape index (κ1) is 13.3. The lowest BCUT2D eigenvalue weighted by molar-refractivity contribution is 0.286. The molecule has 0 aliphatic carbocycles. The zero-order chi connectivity index (χ0) is 12.0. The summed E-state index contributed by atoms with van der Waals surface area (Å²) in [6.07, 6.45) is 1.84. The van der Waals surface area contributed by atoms with Gasteiger partial charge in [0.1, 0.15) is 0 Å². The van der Waals surface area contributed by atoms with E-state index >= 15 is 0 Å². The minimum Gasteiger partial charge on any atom is -0.489 e. The van der Waals surface area contributed by atoms with Crippen molar-refractivity contribution in [1.29, 1.82) is 0 Å². The van der Waals surface area contributed by atoms with Crippen molar-refractivity contribution < 1.29 is 9.47 Å². The third-order valence-electron chi connectivity index (χ3n) is 2.23. The van der Waals surface area contributed by atoms with E-state index in [1.54, 1.807) is 11.3 Å². The predicted molar refractivity (Wildman–Crippen MR) is 68.8 cm³/mol. The number of nitrogens with two attached hydrogens (primary N) is 1. The van der Waals surface area contributed by atoms with Gasteiger partial charge in [0.15, 0.2) is 11.5 Å². The Balaban J connectivity index is 3.07. The average molecular weight is 243 g/mol. The van der Waals surface area contributed by atoms with E-state index in [4.69, 9.17) is 15.2 Å². The van der Waals surface area contributed by atoms with Crippen molar-refractivity contribution in [2.45, 2.75) is 33.6 Å². The molecular weight excluding hydrogens is 222 g/mol. The fourth-order valence-corrected chi connectivity index (χ4v) is 2.75. The molecule has 16 heavy (non-hydrogen) atoms. The SMILES string of the molecule is CCOc1c(CC)sc(CCN)c1OCC. The van der Waals surface area contributed by atoms with Gasteiger partial charge in [-0.25, -0.2) is 0 Å². The minimum absolute atomic E-state index is 0.648. The van der Waals surface area contributed by atoms with E-state index < -0.39 is 0 Å². The molecule has 1 rings (SSSR count). The van der Waals surface area contributed by atoms with Crippen LogP contribution in [0.25, 0.3) is 0 Å². The van der Waals surface area contributed by atoms with Crippen molar-refractivity contribution >= 4 is 11.3 Å². The number of hydrogen-bond donors (Lipinski definition) is 1. The van der Waals surface area contributed by atoms with Gasteiger partial charge in [-0.1, -0.05) is 6.92 Å². The van der Waals surface area contributed by atoms with Crippen LogP contribution in [-0.4, -0.2) is 19.8 Å². The van der Waals surface area contributed by atoms with Gasteiger partial charge in [0.2, 0.25) is 0 Å². The van der Waals surface area contributed by atoms with E-state index in [0.717, 1.165) is 24.3 Å². The summed E-state index contributed by atoms with van der Waals surface area (Å²) in [4.78, 5) is 2.47. The van der Waals surface area contributed by atoms with Gasteiger partial charge >= 0.3 is 0 Å². The summed E-state index contributed by atoms with van der Waals surface area (Å²) in [6, 6.07) is 0. The lowest BCUT2D eigenvalue weighted by atomic mass is 10.2. The van der Waals surface area contributed by atoms with Gasteiger partial charge in [0.25, 0.3) is 0 Å². The van der Waals surface area contributed by atoms with Crippen molar-refractivity contribution in [3.8, 4) is 11.5 Å². The summed E-state index contributed by atoms with van der Waals surface area (Å²) < 4.78 is 11.4. The van der Waals surface area contributed by atoms with E-state index in [2.05, 4.69) is 6.92 Å². The van der Waals surface area contributed by atoms with Crippen molar-refractivity contribution in [3.05, 3.63) is 9.75 Å². The van der Waals surface area contributed by atoms with Crippen molar-refractivity contribution in [2.24, 2.45) is 5.73 Å². The van der Waals surface area contributed by atoms with Gasteiger partial charge in [0, 0.05) is 0 Å². The average Bonchev–Trinajstić information content (AvgIpc) is 2.60. The maximum atomic E-state index is 5.69. The smallest absolute Gasteiger partial charge is 0.175 e. The fraction of sp³-hybridized carbons (Fsp3) is 0.667. The van der Waals surface area contributed by atoms with Gasteiger partial charge in [-0.05, 0) is 33.2 Å². The van der Waals surface area contributed by atoms with E-state index in [9.17, 15) is 0 Å². The third-order valence-corrected chi connectivity index (χ3v) is 3.59. The van der Waals surface area contributed by atoms with E-state index in [0.29, 0.717) is 19.8 Å². The standard InChI is InChI=1S/C12H21NO2S/c1-4-9-11(14-5-2)12(15-6-3)10(16-9)7-8-13/h4-8,13H2,1-3H3. The maximum absolute atomic E-state index is 5.69. The predicted octanol–water partition coefficient (Wildman–Crippen LogP) is 2.61. The molecule has 4 heteroatoms. The lowest BCUT2D eigenvalue weighted by Gasteiger charge is -2.09. The molecule has 0 amide bonds. The van der Waals surface area contributed by atoms with Gasteiger partial charge in [-0.3, -0.25) is 0 Å². The zero-order valence-electron chi connectivity index (χ0n) is 10.3. The summed E-state index contributed by atoms with van der Waals surface area (Å²) in [5.74, 6) is 1.84. The first-order chi connectivity index (χ1) is 7.78. The molecule has 0 aliphatic heterocycles. The molecule has 1 aromatic heterocycles. The highest BCUT2D eigenvalue weighted by atomic mass is 32.1. The Hall–Kier alpha value is -0.740. The van der Waals surface area contributed by atoms with Crippen molar-refractivity contribution in [1.82, 2.24) is 0 Å². The Morgan fingerprint density at radius 2 is 1.56 bits per heavy atom. The van der Waals surface area contributed by atoms with Gasteiger partial charge < -0.3 is 15.2 Å². The van der Waals surface area contributed by atoms with Crippen LogP contribution >= 0.6 is 11.3 Å². The molecule has 0 unspecified atom stereocenters. The lowest BCUT2D eigenvalue weighted by Crippen LogP contribution is -2.04. The summed E-state index contributed by atoms with van der Waals surface area (Å²) in [5.41, 5.74) is 5.61. The van der Waals surface area contributed by atoms with Gasteiger partial charge in [-0.2, -0.15) is 0 Å². The molecule has 0 aliphatic rings. The molecule has 1 heterocycles. The molecule has 0 fully saturated rings. The second-order valence-electron chi connectivity index (χ2n) is 3.36. The minimum atomic E-state index is 0.648. The largest absolute Gasteiger partial charge is 0.489 e. The van der Waals surface area contributed by atoms with Gasteiger partial charge in [0.05, 0.1) is 23.0 Å². The highest BCUT2D eigenvalue weighted by molar-refractivity contribution is 7.12. The summed E-state index contributed by atoms with van der Waals surface area (Å²) >= 11 is 1.76.